The summed E-state index contributed by atoms with van der Waals surface area (Å²) in [4.78, 5) is 0. The first kappa shape index (κ1) is 24.8. The Hall–Kier alpha value is -0.200. The first-order valence-electron chi connectivity index (χ1n) is 10.9. The van der Waals surface area contributed by atoms with Crippen molar-refractivity contribution >= 4 is 0 Å². The van der Waals surface area contributed by atoms with Crippen LogP contribution in [0.5, 0.6) is 0 Å². The molecule has 0 spiro atoms. The fourth-order valence-corrected chi connectivity index (χ4v) is 4.05. The number of hydrogen-bond donors (Lipinski definition) is 1. The van der Waals surface area contributed by atoms with Gasteiger partial charge in [-0.25, -0.2) is 0 Å². The Bertz CT molecular complexity index is 395. The average molecular weight is 388 g/mol. The molecular formula is C22H45NO4. The summed E-state index contributed by atoms with van der Waals surface area (Å²) < 4.78 is 18.1. The lowest BCUT2D eigenvalue weighted by Crippen LogP contribution is -2.60. The van der Waals surface area contributed by atoms with Crippen molar-refractivity contribution in [3.8, 4) is 0 Å². The molecule has 0 aromatic heterocycles. The number of hydroxylamine groups is 2. The van der Waals surface area contributed by atoms with E-state index < -0.39 is 0 Å². The van der Waals surface area contributed by atoms with E-state index in [4.69, 9.17) is 14.2 Å². The summed E-state index contributed by atoms with van der Waals surface area (Å²) in [5.41, 5.74) is -0.551. The van der Waals surface area contributed by atoms with Gasteiger partial charge in [0.1, 0.15) is 0 Å². The number of nitrogens with zero attached hydrogens (tertiary/aromatic N) is 1. The minimum Gasteiger partial charge on any atom is -0.378 e. The van der Waals surface area contributed by atoms with Crippen LogP contribution in [0.3, 0.4) is 0 Å². The van der Waals surface area contributed by atoms with Crippen molar-refractivity contribution < 1.29 is 19.4 Å². The summed E-state index contributed by atoms with van der Waals surface area (Å²) in [6, 6.07) is 0. The van der Waals surface area contributed by atoms with Crippen molar-refractivity contribution in [3.05, 3.63) is 0 Å². The molecule has 1 N–H and O–H groups in total. The molecule has 1 saturated heterocycles. The molecule has 5 heteroatoms. The minimum atomic E-state index is -0.275. The largest absolute Gasteiger partial charge is 0.378 e. The van der Waals surface area contributed by atoms with Gasteiger partial charge in [-0.05, 0) is 80.1 Å². The smallest absolute Gasteiger partial charge is 0.0615 e. The van der Waals surface area contributed by atoms with Gasteiger partial charge in [-0.3, -0.25) is 0 Å². The SMILES string of the molecule is CCC(C)OCCCOC(C)CC(CC)OC1CC(C)(C)N(O)C(C)(C)C1. The molecule has 0 aromatic carbocycles. The van der Waals surface area contributed by atoms with Gasteiger partial charge in [0.25, 0.3) is 0 Å². The normalized spacial score (nSPS) is 23.9. The van der Waals surface area contributed by atoms with Crippen molar-refractivity contribution in [1.82, 2.24) is 5.06 Å². The summed E-state index contributed by atoms with van der Waals surface area (Å²) in [5.74, 6) is 0. The van der Waals surface area contributed by atoms with Crippen LogP contribution < -0.4 is 0 Å². The number of rotatable bonds is 12. The topological polar surface area (TPSA) is 51.2 Å². The molecule has 0 radical (unpaired) electrons. The minimum absolute atomic E-state index is 0.166. The lowest BCUT2D eigenvalue weighted by atomic mass is 9.80. The summed E-state index contributed by atoms with van der Waals surface area (Å²) >= 11 is 0. The van der Waals surface area contributed by atoms with Crippen LogP contribution in [0, 0.1) is 0 Å². The number of ether oxygens (including phenoxy) is 3. The Kier molecular flexibility index (Phi) is 10.2. The second-order valence-corrected chi connectivity index (χ2v) is 9.49. The van der Waals surface area contributed by atoms with E-state index in [9.17, 15) is 5.21 Å². The van der Waals surface area contributed by atoms with Gasteiger partial charge in [0.05, 0.1) is 24.4 Å². The predicted octanol–water partition coefficient (Wildman–Crippen LogP) is 5.19. The highest BCUT2D eigenvalue weighted by molar-refractivity contribution is 4.97. The molecule has 3 unspecified atom stereocenters. The van der Waals surface area contributed by atoms with Crippen molar-refractivity contribution in [3.63, 3.8) is 0 Å². The molecule has 0 amide bonds. The van der Waals surface area contributed by atoms with Crippen LogP contribution in [-0.2, 0) is 14.2 Å². The van der Waals surface area contributed by atoms with Gasteiger partial charge in [-0.1, -0.05) is 13.8 Å². The fraction of sp³-hybridized carbons (Fsp3) is 1.00. The molecule has 162 valence electrons. The molecule has 0 aromatic rings. The molecule has 0 aliphatic carbocycles. The third kappa shape index (κ3) is 8.36. The van der Waals surface area contributed by atoms with E-state index in [-0.39, 0.29) is 29.4 Å². The van der Waals surface area contributed by atoms with E-state index in [1.165, 1.54) is 5.06 Å². The molecule has 1 rings (SSSR count). The van der Waals surface area contributed by atoms with E-state index in [1.807, 2.05) is 0 Å². The Labute approximate surface area is 167 Å². The fourth-order valence-electron chi connectivity index (χ4n) is 4.05. The number of piperidine rings is 1. The second kappa shape index (κ2) is 11.1. The highest BCUT2D eigenvalue weighted by Gasteiger charge is 2.45. The summed E-state index contributed by atoms with van der Waals surface area (Å²) in [7, 11) is 0. The highest BCUT2D eigenvalue weighted by Crippen LogP contribution is 2.38. The van der Waals surface area contributed by atoms with E-state index >= 15 is 0 Å². The van der Waals surface area contributed by atoms with Crippen LogP contribution in [0.1, 0.15) is 93.9 Å². The maximum absolute atomic E-state index is 10.5. The van der Waals surface area contributed by atoms with Crippen molar-refractivity contribution in [2.75, 3.05) is 13.2 Å². The molecule has 1 aliphatic heterocycles. The molecule has 5 nitrogen and oxygen atoms in total. The van der Waals surface area contributed by atoms with Gasteiger partial charge in [0.2, 0.25) is 0 Å². The lowest BCUT2D eigenvalue weighted by molar-refractivity contribution is -0.265. The van der Waals surface area contributed by atoms with Crippen LogP contribution in [0.4, 0.5) is 0 Å². The predicted molar refractivity (Wildman–Crippen MR) is 110 cm³/mol. The average Bonchev–Trinajstić information content (AvgIpc) is 2.57. The quantitative estimate of drug-likeness (QED) is 0.467. The van der Waals surface area contributed by atoms with Crippen LogP contribution in [-0.4, -0.2) is 59.0 Å². The second-order valence-electron chi connectivity index (χ2n) is 9.49. The molecule has 0 bridgehead atoms. The summed E-state index contributed by atoms with van der Waals surface area (Å²) in [6.07, 6.45) is 6.42. The van der Waals surface area contributed by atoms with Crippen molar-refractivity contribution in [2.45, 2.75) is 129 Å². The Morgan fingerprint density at radius 2 is 1.44 bits per heavy atom. The molecule has 1 heterocycles. The summed E-state index contributed by atoms with van der Waals surface area (Å²) in [6.45, 7) is 18.4. The van der Waals surface area contributed by atoms with Crippen molar-refractivity contribution in [1.29, 1.82) is 0 Å². The molecular weight excluding hydrogens is 342 g/mol. The van der Waals surface area contributed by atoms with Crippen LogP contribution >= 0.6 is 0 Å². The van der Waals surface area contributed by atoms with Gasteiger partial charge >= 0.3 is 0 Å². The standard InChI is InChI=1S/C22H45NO4/c1-9-17(3)25-12-11-13-26-18(4)14-19(10-2)27-20-15-21(5,6)23(24)22(7,8)16-20/h17-20,24H,9-16H2,1-8H3. The van der Waals surface area contributed by atoms with E-state index in [2.05, 4.69) is 55.4 Å². The van der Waals surface area contributed by atoms with Gasteiger partial charge in [-0.2, -0.15) is 5.06 Å². The van der Waals surface area contributed by atoms with Gasteiger partial charge in [-0.15, -0.1) is 0 Å². The monoisotopic (exact) mass is 387 g/mol. The molecule has 0 saturated carbocycles. The third-order valence-electron chi connectivity index (χ3n) is 5.70. The summed E-state index contributed by atoms with van der Waals surface area (Å²) in [5, 5.41) is 12.0. The highest BCUT2D eigenvalue weighted by atomic mass is 16.5. The van der Waals surface area contributed by atoms with E-state index in [0.717, 1.165) is 51.7 Å². The number of hydrogen-bond acceptors (Lipinski definition) is 5. The van der Waals surface area contributed by atoms with E-state index in [0.29, 0.717) is 6.10 Å². The molecule has 3 atom stereocenters. The van der Waals surface area contributed by atoms with Crippen molar-refractivity contribution in [2.24, 2.45) is 0 Å². The Balaban J connectivity index is 2.38. The first-order chi connectivity index (χ1) is 12.5. The van der Waals surface area contributed by atoms with Gasteiger partial charge in [0.15, 0.2) is 0 Å². The van der Waals surface area contributed by atoms with Crippen LogP contribution in [0.2, 0.25) is 0 Å². The lowest BCUT2D eigenvalue weighted by Gasteiger charge is -2.51. The van der Waals surface area contributed by atoms with Crippen LogP contribution in [0.25, 0.3) is 0 Å². The van der Waals surface area contributed by atoms with E-state index in [1.54, 1.807) is 0 Å². The first-order valence-corrected chi connectivity index (χ1v) is 10.9. The maximum Gasteiger partial charge on any atom is 0.0615 e. The zero-order chi connectivity index (χ0) is 20.7. The third-order valence-corrected chi connectivity index (χ3v) is 5.70. The van der Waals surface area contributed by atoms with Gasteiger partial charge in [0, 0.05) is 24.3 Å². The molecule has 27 heavy (non-hydrogen) atoms. The molecule has 1 aliphatic rings. The maximum atomic E-state index is 10.5. The Morgan fingerprint density at radius 3 is 1.93 bits per heavy atom. The van der Waals surface area contributed by atoms with Gasteiger partial charge < -0.3 is 19.4 Å². The Morgan fingerprint density at radius 1 is 0.926 bits per heavy atom. The zero-order valence-corrected chi connectivity index (χ0v) is 19.1. The molecule has 1 fully saturated rings. The van der Waals surface area contributed by atoms with Crippen LogP contribution in [0.15, 0.2) is 0 Å². The zero-order valence-electron chi connectivity index (χ0n) is 19.1.